The number of ether oxygens (including phenoxy) is 1. The van der Waals surface area contributed by atoms with E-state index in [1.165, 1.54) is 24.1 Å². The Bertz CT molecular complexity index is 1570. The van der Waals surface area contributed by atoms with Crippen molar-refractivity contribution in [1.82, 2.24) is 9.78 Å². The third kappa shape index (κ3) is 4.78. The number of allylic oxidation sites excluding steroid dienone is 1. The quantitative estimate of drug-likeness (QED) is 0.263. The summed E-state index contributed by atoms with van der Waals surface area (Å²) in [5.41, 5.74) is 2.22. The summed E-state index contributed by atoms with van der Waals surface area (Å²) in [7, 11) is 1.51. The average Bonchev–Trinajstić information content (AvgIpc) is 3.33. The van der Waals surface area contributed by atoms with Gasteiger partial charge < -0.3 is 20.7 Å². The summed E-state index contributed by atoms with van der Waals surface area (Å²) in [5, 5.41) is 13.3. The number of hydrogen-bond donors (Lipinski definition) is 3. The molecule has 1 aliphatic heterocycles. The number of aromatic nitrogens is 2. The summed E-state index contributed by atoms with van der Waals surface area (Å²) in [5.74, 6) is -0.567. The molecule has 2 heterocycles. The Morgan fingerprint density at radius 3 is 2.53 bits per heavy atom. The largest absolute Gasteiger partial charge is 0.495 e. The van der Waals surface area contributed by atoms with Crippen LogP contribution in [0.3, 0.4) is 0 Å². The zero-order valence-electron chi connectivity index (χ0n) is 20.5. The smallest absolute Gasteiger partial charge is 0.261 e. The molecule has 2 amide bonds. The number of carbonyl (C=O) groups excluding carboxylic acids is 2. The van der Waals surface area contributed by atoms with Gasteiger partial charge in [0.2, 0.25) is 0 Å². The molecular weight excluding hydrogens is 553 g/mol. The third-order valence-corrected chi connectivity index (χ3v) is 6.65. The zero-order valence-corrected chi connectivity index (χ0v) is 22.0. The van der Waals surface area contributed by atoms with Crippen molar-refractivity contribution >= 4 is 44.9 Å². The number of fused-ring (bicyclic) bond motifs is 1. The van der Waals surface area contributed by atoms with Crippen molar-refractivity contribution in [3.8, 4) is 5.75 Å². The summed E-state index contributed by atoms with van der Waals surface area (Å²) in [6.45, 7) is 1.70. The summed E-state index contributed by atoms with van der Waals surface area (Å²) in [6, 6.07) is 19.5. The van der Waals surface area contributed by atoms with Gasteiger partial charge in [0.15, 0.2) is 0 Å². The maximum atomic E-state index is 15.3. The predicted molar refractivity (Wildman–Crippen MR) is 147 cm³/mol. The molecule has 4 aromatic rings. The fourth-order valence-electron chi connectivity index (χ4n) is 4.38. The molecular formula is C28H23BrFN5O3. The van der Waals surface area contributed by atoms with Crippen LogP contribution in [-0.4, -0.2) is 28.7 Å². The van der Waals surface area contributed by atoms with Crippen molar-refractivity contribution in [2.75, 3.05) is 23.1 Å². The van der Waals surface area contributed by atoms with Crippen molar-refractivity contribution in [2.24, 2.45) is 0 Å². The normalized spacial score (nSPS) is 14.4. The van der Waals surface area contributed by atoms with Gasteiger partial charge in [0, 0.05) is 21.4 Å². The zero-order chi connectivity index (χ0) is 26.8. The van der Waals surface area contributed by atoms with E-state index in [2.05, 4.69) is 37.0 Å². The lowest BCUT2D eigenvalue weighted by atomic mass is 9.94. The molecule has 0 bridgehead atoms. The minimum absolute atomic E-state index is 0.213. The highest BCUT2D eigenvalue weighted by Crippen LogP contribution is 2.40. The van der Waals surface area contributed by atoms with Crippen LogP contribution < -0.4 is 20.7 Å². The molecule has 38 heavy (non-hydrogen) atoms. The van der Waals surface area contributed by atoms with Crippen molar-refractivity contribution < 1.29 is 18.7 Å². The molecule has 1 aliphatic rings. The van der Waals surface area contributed by atoms with E-state index < -0.39 is 23.7 Å². The van der Waals surface area contributed by atoms with E-state index in [1.807, 2.05) is 18.2 Å². The fourth-order valence-corrected chi connectivity index (χ4v) is 4.76. The molecule has 0 radical (unpaired) electrons. The molecule has 0 saturated heterocycles. The van der Waals surface area contributed by atoms with Crippen LogP contribution in [-0.2, 0) is 4.79 Å². The van der Waals surface area contributed by atoms with Crippen LogP contribution in [0.4, 0.5) is 21.6 Å². The molecule has 0 saturated carbocycles. The molecule has 0 aliphatic carbocycles. The van der Waals surface area contributed by atoms with Gasteiger partial charge in [-0.25, -0.2) is 9.07 Å². The standard InChI is InChI=1S/C28H23BrFN5O3/c1-16-24(28(37)34-22-10-6-7-11-23(22)38-2)25(19-14-17(29)12-13-21(19)30)35-26(32-16)20(15-31-35)27(36)33-18-8-4-3-5-9-18/h3-15,25,32H,1-2H3,(H,33,36)(H,34,37)/t25-/m1/s1. The molecule has 5 rings (SSSR count). The van der Waals surface area contributed by atoms with Gasteiger partial charge in [-0.05, 0) is 49.4 Å². The number of halogens is 2. The van der Waals surface area contributed by atoms with E-state index in [0.717, 1.165) is 0 Å². The summed E-state index contributed by atoms with van der Waals surface area (Å²) >= 11 is 3.40. The van der Waals surface area contributed by atoms with Crippen LogP contribution in [0.2, 0.25) is 0 Å². The number of rotatable bonds is 6. The second-order valence-electron chi connectivity index (χ2n) is 8.56. The van der Waals surface area contributed by atoms with Gasteiger partial charge in [-0.2, -0.15) is 5.10 Å². The Labute approximate surface area is 226 Å². The first-order valence-corrected chi connectivity index (χ1v) is 12.5. The number of amides is 2. The van der Waals surface area contributed by atoms with E-state index in [0.29, 0.717) is 33.1 Å². The Morgan fingerprint density at radius 2 is 1.76 bits per heavy atom. The molecule has 1 atom stereocenters. The van der Waals surface area contributed by atoms with Crippen LogP contribution in [0.1, 0.15) is 28.9 Å². The number of hydrogen-bond acceptors (Lipinski definition) is 5. The van der Waals surface area contributed by atoms with Crippen LogP contribution in [0.5, 0.6) is 5.75 Å². The first-order chi connectivity index (χ1) is 18.4. The fraction of sp³-hybridized carbons (Fsp3) is 0.107. The first-order valence-electron chi connectivity index (χ1n) is 11.7. The monoisotopic (exact) mass is 575 g/mol. The van der Waals surface area contributed by atoms with E-state index in [9.17, 15) is 9.59 Å². The molecule has 8 nitrogen and oxygen atoms in total. The first kappa shape index (κ1) is 25.2. The maximum absolute atomic E-state index is 15.3. The lowest BCUT2D eigenvalue weighted by molar-refractivity contribution is -0.113. The van der Waals surface area contributed by atoms with E-state index in [4.69, 9.17) is 4.74 Å². The number of para-hydroxylation sites is 3. The molecule has 1 aromatic heterocycles. The highest BCUT2D eigenvalue weighted by Gasteiger charge is 2.37. The Kier molecular flexibility index (Phi) is 6.97. The van der Waals surface area contributed by atoms with Crippen LogP contribution in [0, 0.1) is 5.82 Å². The lowest BCUT2D eigenvalue weighted by Gasteiger charge is -2.30. The van der Waals surface area contributed by atoms with Gasteiger partial charge in [-0.3, -0.25) is 9.59 Å². The minimum Gasteiger partial charge on any atom is -0.495 e. The van der Waals surface area contributed by atoms with Gasteiger partial charge in [0.1, 0.15) is 29.0 Å². The van der Waals surface area contributed by atoms with Gasteiger partial charge in [0.25, 0.3) is 11.8 Å². The van der Waals surface area contributed by atoms with Gasteiger partial charge in [-0.1, -0.05) is 46.3 Å². The molecule has 0 spiro atoms. The van der Waals surface area contributed by atoms with Crippen LogP contribution in [0.25, 0.3) is 0 Å². The Hall–Kier alpha value is -4.44. The number of benzene rings is 3. The van der Waals surface area contributed by atoms with Gasteiger partial charge in [0.05, 0.1) is 24.6 Å². The van der Waals surface area contributed by atoms with E-state index in [-0.39, 0.29) is 16.7 Å². The molecule has 192 valence electrons. The molecule has 0 unspecified atom stereocenters. The molecule has 3 N–H and O–H groups in total. The lowest BCUT2D eigenvalue weighted by Crippen LogP contribution is -2.32. The number of anilines is 3. The third-order valence-electron chi connectivity index (χ3n) is 6.15. The van der Waals surface area contributed by atoms with Crippen LogP contribution in [0.15, 0.2) is 94.7 Å². The number of methoxy groups -OCH3 is 1. The SMILES string of the molecule is COc1ccccc1NC(=O)C1=C(C)Nc2c(C(=O)Nc3ccccc3)cnn2[C@@H]1c1cc(Br)ccc1F. The molecule has 0 fully saturated rings. The second-order valence-corrected chi connectivity index (χ2v) is 9.47. The maximum Gasteiger partial charge on any atom is 0.261 e. The second kappa shape index (κ2) is 10.5. The summed E-state index contributed by atoms with van der Waals surface area (Å²) in [4.78, 5) is 26.8. The van der Waals surface area contributed by atoms with Crippen molar-refractivity contribution in [3.63, 3.8) is 0 Å². The Balaban J connectivity index is 1.59. The van der Waals surface area contributed by atoms with Crippen LogP contribution >= 0.6 is 15.9 Å². The summed E-state index contributed by atoms with van der Waals surface area (Å²) in [6.07, 6.45) is 1.40. The number of nitrogens with zero attached hydrogens (tertiary/aromatic N) is 2. The number of carbonyl (C=O) groups is 2. The highest BCUT2D eigenvalue weighted by atomic mass is 79.9. The summed E-state index contributed by atoms with van der Waals surface area (Å²) < 4.78 is 22.7. The van der Waals surface area contributed by atoms with Crippen molar-refractivity contribution in [3.05, 3.63) is 112 Å². The van der Waals surface area contributed by atoms with Gasteiger partial charge >= 0.3 is 0 Å². The van der Waals surface area contributed by atoms with Gasteiger partial charge in [-0.15, -0.1) is 0 Å². The highest BCUT2D eigenvalue weighted by molar-refractivity contribution is 9.10. The number of nitrogens with one attached hydrogen (secondary N) is 3. The molecule has 3 aromatic carbocycles. The predicted octanol–water partition coefficient (Wildman–Crippen LogP) is 5.97. The topological polar surface area (TPSA) is 97.3 Å². The van der Waals surface area contributed by atoms with Crippen molar-refractivity contribution in [2.45, 2.75) is 13.0 Å². The molecule has 10 heteroatoms. The van der Waals surface area contributed by atoms with E-state index in [1.54, 1.807) is 55.5 Å². The average molecular weight is 576 g/mol. The van der Waals surface area contributed by atoms with E-state index >= 15 is 4.39 Å². The van der Waals surface area contributed by atoms with Crippen molar-refractivity contribution in [1.29, 1.82) is 0 Å². The Morgan fingerprint density at radius 1 is 1.03 bits per heavy atom. The minimum atomic E-state index is -0.961.